The van der Waals surface area contributed by atoms with Crippen molar-refractivity contribution in [1.29, 1.82) is 5.26 Å². The SMILES string of the molecule is CN1Cc2[nH]c(=O)c3cc(F)ccc3c2C(N(C)C(=O)Nc2ccc(F)c(C#N)c2)C1. The van der Waals surface area contributed by atoms with Crippen LogP contribution in [0.1, 0.15) is 22.9 Å². The maximum absolute atomic E-state index is 13.7. The van der Waals surface area contributed by atoms with Crippen molar-refractivity contribution in [2.45, 2.75) is 12.6 Å². The van der Waals surface area contributed by atoms with Crippen molar-refractivity contribution in [1.82, 2.24) is 14.8 Å². The molecule has 2 N–H and O–H groups in total. The van der Waals surface area contributed by atoms with E-state index in [0.717, 1.165) is 11.6 Å². The van der Waals surface area contributed by atoms with Gasteiger partial charge in [0, 0.05) is 37.1 Å². The van der Waals surface area contributed by atoms with E-state index < -0.39 is 23.7 Å². The molecule has 1 aromatic heterocycles. The summed E-state index contributed by atoms with van der Waals surface area (Å²) in [6, 6.07) is 8.62. The summed E-state index contributed by atoms with van der Waals surface area (Å²) in [7, 11) is 3.48. The van der Waals surface area contributed by atoms with Gasteiger partial charge in [-0.25, -0.2) is 13.6 Å². The van der Waals surface area contributed by atoms with Crippen LogP contribution < -0.4 is 10.9 Å². The standard InChI is InChI=1S/C22H19F2N5O2/c1-28-10-18-20(15-5-3-13(23)8-16(15)21(30)27-18)19(11-28)29(2)22(31)26-14-4-6-17(24)12(7-14)9-25/h3-8,19H,10-11H2,1-2H3,(H,26,31)(H,27,30). The molecule has 7 nitrogen and oxygen atoms in total. The summed E-state index contributed by atoms with van der Waals surface area (Å²) < 4.78 is 27.3. The number of hydrogen-bond donors (Lipinski definition) is 2. The largest absolute Gasteiger partial charge is 0.324 e. The third kappa shape index (κ3) is 3.73. The second kappa shape index (κ2) is 7.81. The molecule has 1 unspecified atom stereocenters. The first-order valence-electron chi connectivity index (χ1n) is 9.55. The number of hydrogen-bond acceptors (Lipinski definition) is 4. The molecule has 3 aromatic rings. The summed E-state index contributed by atoms with van der Waals surface area (Å²) in [5, 5.41) is 12.5. The van der Waals surface area contributed by atoms with Crippen LogP contribution in [0.25, 0.3) is 10.8 Å². The van der Waals surface area contributed by atoms with Gasteiger partial charge in [-0.1, -0.05) is 6.07 Å². The Morgan fingerprint density at radius 3 is 2.77 bits per heavy atom. The van der Waals surface area contributed by atoms with E-state index in [-0.39, 0.29) is 22.2 Å². The minimum absolute atomic E-state index is 0.172. The molecule has 1 aliphatic heterocycles. The van der Waals surface area contributed by atoms with Gasteiger partial charge in [0.2, 0.25) is 0 Å². The Morgan fingerprint density at radius 2 is 2.03 bits per heavy atom. The molecule has 31 heavy (non-hydrogen) atoms. The smallest absolute Gasteiger partial charge is 0.322 e. The number of benzene rings is 2. The van der Waals surface area contributed by atoms with Crippen molar-refractivity contribution in [3.63, 3.8) is 0 Å². The van der Waals surface area contributed by atoms with Crippen molar-refractivity contribution in [3.8, 4) is 6.07 Å². The van der Waals surface area contributed by atoms with Crippen molar-refractivity contribution in [2.75, 3.05) is 26.0 Å². The molecule has 0 bridgehead atoms. The minimum atomic E-state index is -0.667. The number of pyridine rings is 1. The molecule has 0 saturated carbocycles. The molecule has 0 spiro atoms. The highest BCUT2D eigenvalue weighted by molar-refractivity contribution is 5.91. The molecule has 0 saturated heterocycles. The van der Waals surface area contributed by atoms with Crippen LogP contribution in [0.5, 0.6) is 0 Å². The number of nitrogens with zero attached hydrogens (tertiary/aromatic N) is 3. The molecule has 2 heterocycles. The number of H-pyrrole nitrogens is 1. The molecule has 0 aliphatic carbocycles. The van der Waals surface area contributed by atoms with Crippen molar-refractivity contribution in [2.24, 2.45) is 0 Å². The zero-order chi connectivity index (χ0) is 22.3. The minimum Gasteiger partial charge on any atom is -0.324 e. The van der Waals surface area contributed by atoms with Crippen LogP contribution >= 0.6 is 0 Å². The van der Waals surface area contributed by atoms with E-state index in [2.05, 4.69) is 10.3 Å². The molecule has 9 heteroatoms. The van der Waals surface area contributed by atoms with Gasteiger partial charge in [-0.3, -0.25) is 9.69 Å². The molecule has 4 rings (SSSR count). The maximum Gasteiger partial charge on any atom is 0.322 e. The summed E-state index contributed by atoms with van der Waals surface area (Å²) in [4.78, 5) is 31.7. The topological polar surface area (TPSA) is 92.2 Å². The second-order valence-corrected chi connectivity index (χ2v) is 7.60. The van der Waals surface area contributed by atoms with E-state index in [1.807, 2.05) is 11.9 Å². The van der Waals surface area contributed by atoms with Crippen LogP contribution in [-0.4, -0.2) is 41.5 Å². The van der Waals surface area contributed by atoms with Crippen molar-refractivity contribution < 1.29 is 13.6 Å². The zero-order valence-corrected chi connectivity index (χ0v) is 16.9. The van der Waals surface area contributed by atoms with E-state index in [9.17, 15) is 18.4 Å². The lowest BCUT2D eigenvalue weighted by Gasteiger charge is -2.38. The molecular weight excluding hydrogens is 404 g/mol. The fraction of sp³-hybridized carbons (Fsp3) is 0.227. The van der Waals surface area contributed by atoms with Gasteiger partial charge in [-0.15, -0.1) is 0 Å². The molecular formula is C22H19F2N5O2. The number of fused-ring (bicyclic) bond motifs is 3. The summed E-state index contributed by atoms with van der Waals surface area (Å²) in [5.41, 5.74) is 1.14. The van der Waals surface area contributed by atoms with Crippen LogP contribution in [0, 0.1) is 23.0 Å². The normalized spacial score (nSPS) is 15.9. The predicted octanol–water partition coefficient (Wildman–Crippen LogP) is 3.33. The number of amides is 2. The van der Waals surface area contributed by atoms with Crippen molar-refractivity contribution >= 4 is 22.5 Å². The molecule has 158 valence electrons. The summed E-state index contributed by atoms with van der Waals surface area (Å²) in [5.74, 6) is -1.18. The predicted molar refractivity (Wildman–Crippen MR) is 111 cm³/mol. The highest BCUT2D eigenvalue weighted by Crippen LogP contribution is 2.34. The molecule has 2 amide bonds. The molecule has 2 aromatic carbocycles. The van der Waals surface area contributed by atoms with E-state index in [1.165, 1.54) is 29.2 Å². The first kappa shape index (κ1) is 20.5. The Bertz CT molecular complexity index is 1300. The number of anilines is 1. The Balaban J connectivity index is 1.73. The number of carbonyl (C=O) groups excluding carboxylic acids is 1. The van der Waals surface area contributed by atoms with Crippen LogP contribution in [0.2, 0.25) is 0 Å². The summed E-state index contributed by atoms with van der Waals surface area (Å²) >= 11 is 0. The van der Waals surface area contributed by atoms with Gasteiger partial charge in [0.15, 0.2) is 0 Å². The Hall–Kier alpha value is -3.77. The summed E-state index contributed by atoms with van der Waals surface area (Å²) in [6.45, 7) is 0.968. The molecule has 1 aliphatic rings. The van der Waals surface area contributed by atoms with Crippen LogP contribution in [-0.2, 0) is 6.54 Å². The third-order valence-electron chi connectivity index (χ3n) is 5.48. The lowest BCUT2D eigenvalue weighted by Crippen LogP contribution is -2.44. The number of urea groups is 1. The third-order valence-corrected chi connectivity index (χ3v) is 5.48. The Morgan fingerprint density at radius 1 is 1.26 bits per heavy atom. The number of nitrogens with one attached hydrogen (secondary N) is 2. The van der Waals surface area contributed by atoms with Gasteiger partial charge < -0.3 is 15.2 Å². The van der Waals surface area contributed by atoms with Gasteiger partial charge in [0.25, 0.3) is 5.56 Å². The Kier molecular flexibility index (Phi) is 5.17. The molecule has 1 atom stereocenters. The molecule has 0 fully saturated rings. The van der Waals surface area contributed by atoms with Crippen molar-refractivity contribution in [3.05, 3.63) is 75.2 Å². The van der Waals surface area contributed by atoms with Crippen LogP contribution in [0.3, 0.4) is 0 Å². The monoisotopic (exact) mass is 423 g/mol. The lowest BCUT2D eigenvalue weighted by molar-refractivity contribution is 0.167. The maximum atomic E-state index is 13.7. The number of aromatic amines is 1. The lowest BCUT2D eigenvalue weighted by atomic mass is 9.93. The highest BCUT2D eigenvalue weighted by atomic mass is 19.1. The number of nitriles is 1. The number of rotatable bonds is 2. The van der Waals surface area contributed by atoms with Gasteiger partial charge >= 0.3 is 6.03 Å². The van der Waals surface area contributed by atoms with E-state index in [0.29, 0.717) is 24.2 Å². The van der Waals surface area contributed by atoms with E-state index in [4.69, 9.17) is 5.26 Å². The van der Waals surface area contributed by atoms with Crippen LogP contribution in [0.15, 0.2) is 41.2 Å². The van der Waals surface area contributed by atoms with E-state index >= 15 is 0 Å². The fourth-order valence-corrected chi connectivity index (χ4v) is 3.96. The first-order valence-corrected chi connectivity index (χ1v) is 9.55. The second-order valence-electron chi connectivity index (χ2n) is 7.60. The molecule has 0 radical (unpaired) electrons. The highest BCUT2D eigenvalue weighted by Gasteiger charge is 2.32. The summed E-state index contributed by atoms with van der Waals surface area (Å²) in [6.07, 6.45) is 0. The van der Waals surface area contributed by atoms with Gasteiger partial charge in [-0.2, -0.15) is 5.26 Å². The first-order chi connectivity index (χ1) is 14.8. The average molecular weight is 423 g/mol. The average Bonchev–Trinajstić information content (AvgIpc) is 2.74. The van der Waals surface area contributed by atoms with Gasteiger partial charge in [0.1, 0.15) is 17.7 Å². The zero-order valence-electron chi connectivity index (χ0n) is 16.9. The van der Waals surface area contributed by atoms with Gasteiger partial charge in [0.05, 0.1) is 17.0 Å². The van der Waals surface area contributed by atoms with E-state index in [1.54, 1.807) is 19.2 Å². The van der Waals surface area contributed by atoms with Crippen LogP contribution in [0.4, 0.5) is 19.3 Å². The number of carbonyl (C=O) groups is 1. The number of aromatic nitrogens is 1. The number of halogens is 2. The van der Waals surface area contributed by atoms with Gasteiger partial charge in [-0.05, 0) is 42.8 Å². The quantitative estimate of drug-likeness (QED) is 0.661. The fourth-order valence-electron chi connectivity index (χ4n) is 3.96. The number of likely N-dealkylation sites (N-methyl/N-ethyl adjacent to an activating group) is 2. The Labute approximate surface area is 176 Å².